The van der Waals surface area contributed by atoms with Gasteiger partial charge in [0.25, 0.3) is 0 Å². The molecule has 84 valence electrons. The van der Waals surface area contributed by atoms with Crippen molar-refractivity contribution in [1.82, 2.24) is 0 Å². The molecule has 1 rings (SSSR count). The predicted octanol–water partition coefficient (Wildman–Crippen LogP) is 2.02. The van der Waals surface area contributed by atoms with Crippen LogP contribution in [0.3, 0.4) is 0 Å². The van der Waals surface area contributed by atoms with Gasteiger partial charge in [-0.05, 0) is 18.6 Å². The number of hydrogen-bond donors (Lipinski definition) is 0. The molecule has 0 saturated carbocycles. The monoisotopic (exact) mass is 218 g/mol. The average Bonchev–Trinajstić information content (AvgIpc) is 2.33. The van der Waals surface area contributed by atoms with E-state index in [1.54, 1.807) is 0 Å². The Kier molecular flexibility index (Phi) is 5.57. The molecule has 0 atom stereocenters. The van der Waals surface area contributed by atoms with Crippen molar-refractivity contribution < 1.29 is 14.3 Å². The second kappa shape index (κ2) is 7.36. The van der Waals surface area contributed by atoms with Gasteiger partial charge in [-0.2, -0.15) is 0 Å². The minimum atomic E-state index is -0.283. The van der Waals surface area contributed by atoms with Crippen LogP contribution in [0.5, 0.6) is 5.75 Å². The summed E-state index contributed by atoms with van der Waals surface area (Å²) in [7, 11) is 0. The van der Waals surface area contributed by atoms with Crippen molar-refractivity contribution in [3.8, 4) is 18.1 Å². The van der Waals surface area contributed by atoms with Gasteiger partial charge in [-0.1, -0.05) is 24.1 Å². The van der Waals surface area contributed by atoms with Gasteiger partial charge in [0, 0.05) is 6.42 Å². The van der Waals surface area contributed by atoms with E-state index in [-0.39, 0.29) is 12.6 Å². The van der Waals surface area contributed by atoms with E-state index >= 15 is 0 Å². The van der Waals surface area contributed by atoms with Crippen LogP contribution in [0.1, 0.15) is 12.8 Å². The van der Waals surface area contributed by atoms with Crippen LogP contribution in [-0.2, 0) is 9.53 Å². The number of esters is 1. The highest BCUT2D eigenvalue weighted by atomic mass is 16.5. The quantitative estimate of drug-likeness (QED) is 0.416. The van der Waals surface area contributed by atoms with Gasteiger partial charge in [-0.15, -0.1) is 6.42 Å². The summed E-state index contributed by atoms with van der Waals surface area (Å²) >= 11 is 0. The van der Waals surface area contributed by atoms with Gasteiger partial charge in [0.2, 0.25) is 0 Å². The molecule has 3 heteroatoms. The third-order valence-corrected chi connectivity index (χ3v) is 1.85. The lowest BCUT2D eigenvalue weighted by Crippen LogP contribution is -2.07. The number of para-hydroxylation sites is 1. The zero-order valence-electron chi connectivity index (χ0n) is 9.02. The maximum absolute atomic E-state index is 11.0. The molecule has 0 unspecified atom stereocenters. The van der Waals surface area contributed by atoms with Crippen molar-refractivity contribution in [3.63, 3.8) is 0 Å². The lowest BCUT2D eigenvalue weighted by Gasteiger charge is -2.05. The van der Waals surface area contributed by atoms with Gasteiger partial charge in [0.15, 0.2) is 6.61 Å². The van der Waals surface area contributed by atoms with E-state index in [0.717, 1.165) is 5.75 Å². The first-order valence-corrected chi connectivity index (χ1v) is 5.10. The van der Waals surface area contributed by atoms with Crippen molar-refractivity contribution in [2.75, 3.05) is 13.2 Å². The van der Waals surface area contributed by atoms with Crippen LogP contribution >= 0.6 is 0 Å². The van der Waals surface area contributed by atoms with Crippen molar-refractivity contribution >= 4 is 5.97 Å². The second-order valence-corrected chi connectivity index (χ2v) is 3.13. The normalized spacial score (nSPS) is 9.19. The van der Waals surface area contributed by atoms with Crippen LogP contribution in [0, 0.1) is 12.3 Å². The molecular weight excluding hydrogens is 204 g/mol. The van der Waals surface area contributed by atoms with E-state index in [4.69, 9.17) is 15.9 Å². The Morgan fingerprint density at radius 1 is 1.31 bits per heavy atom. The first-order valence-electron chi connectivity index (χ1n) is 5.10. The molecular formula is C13H14O3. The molecule has 0 spiro atoms. The third kappa shape index (κ3) is 5.06. The summed E-state index contributed by atoms with van der Waals surface area (Å²) in [5.41, 5.74) is 0. The van der Waals surface area contributed by atoms with Crippen LogP contribution in [0.2, 0.25) is 0 Å². The number of carbonyl (C=O) groups is 1. The standard InChI is InChI=1S/C13H14O3/c1-2-10-16-13(14)9-6-11-15-12-7-4-3-5-8-12/h1,3-5,7-8H,6,9-11H2. The highest BCUT2D eigenvalue weighted by Crippen LogP contribution is 2.08. The maximum atomic E-state index is 11.0. The van der Waals surface area contributed by atoms with Crippen LogP contribution in [-0.4, -0.2) is 19.2 Å². The summed E-state index contributed by atoms with van der Waals surface area (Å²) in [5.74, 6) is 2.76. The molecule has 0 N–H and O–H groups in total. The Bertz CT molecular complexity index is 351. The number of benzene rings is 1. The summed E-state index contributed by atoms with van der Waals surface area (Å²) in [4.78, 5) is 11.0. The fourth-order valence-electron chi connectivity index (χ4n) is 1.12. The summed E-state index contributed by atoms with van der Waals surface area (Å²) in [6.45, 7) is 0.535. The highest BCUT2D eigenvalue weighted by molar-refractivity contribution is 5.69. The van der Waals surface area contributed by atoms with E-state index in [0.29, 0.717) is 19.4 Å². The first-order chi connectivity index (χ1) is 7.83. The summed E-state index contributed by atoms with van der Waals surface area (Å²) in [5, 5.41) is 0. The van der Waals surface area contributed by atoms with Gasteiger partial charge in [-0.25, -0.2) is 0 Å². The fourth-order valence-corrected chi connectivity index (χ4v) is 1.12. The largest absolute Gasteiger partial charge is 0.494 e. The molecule has 0 fully saturated rings. The van der Waals surface area contributed by atoms with Crippen molar-refractivity contribution in [2.24, 2.45) is 0 Å². The van der Waals surface area contributed by atoms with Crippen LogP contribution in [0.15, 0.2) is 30.3 Å². The molecule has 0 aromatic heterocycles. The Hall–Kier alpha value is -1.95. The zero-order chi connectivity index (χ0) is 11.6. The summed E-state index contributed by atoms with van der Waals surface area (Å²) in [6, 6.07) is 9.46. The van der Waals surface area contributed by atoms with Crippen molar-refractivity contribution in [1.29, 1.82) is 0 Å². The minimum Gasteiger partial charge on any atom is -0.494 e. The molecule has 16 heavy (non-hydrogen) atoms. The van der Waals surface area contributed by atoms with E-state index in [1.807, 2.05) is 30.3 Å². The molecule has 0 heterocycles. The van der Waals surface area contributed by atoms with Gasteiger partial charge in [0.05, 0.1) is 6.61 Å². The molecule has 0 aliphatic carbocycles. The molecule has 0 bridgehead atoms. The van der Waals surface area contributed by atoms with Gasteiger partial charge in [0.1, 0.15) is 5.75 Å². The highest BCUT2D eigenvalue weighted by Gasteiger charge is 2.01. The third-order valence-electron chi connectivity index (χ3n) is 1.85. The van der Waals surface area contributed by atoms with Crippen LogP contribution in [0.4, 0.5) is 0 Å². The SMILES string of the molecule is C#CCOC(=O)CCCOc1ccccc1. The summed E-state index contributed by atoms with van der Waals surface area (Å²) < 4.78 is 10.1. The minimum absolute atomic E-state index is 0.0401. The maximum Gasteiger partial charge on any atom is 0.306 e. The van der Waals surface area contributed by atoms with Crippen LogP contribution in [0.25, 0.3) is 0 Å². The van der Waals surface area contributed by atoms with Crippen molar-refractivity contribution in [3.05, 3.63) is 30.3 Å². The van der Waals surface area contributed by atoms with Gasteiger partial charge in [-0.3, -0.25) is 4.79 Å². The first kappa shape index (κ1) is 12.1. The zero-order valence-corrected chi connectivity index (χ0v) is 9.02. The number of carbonyl (C=O) groups excluding carboxylic acids is 1. The fraction of sp³-hybridized carbons (Fsp3) is 0.308. The molecule has 3 nitrogen and oxygen atoms in total. The topological polar surface area (TPSA) is 35.5 Å². The van der Waals surface area contributed by atoms with Crippen LogP contribution < -0.4 is 4.74 Å². The number of rotatable bonds is 6. The van der Waals surface area contributed by atoms with E-state index in [2.05, 4.69) is 5.92 Å². The average molecular weight is 218 g/mol. The molecule has 0 aliphatic heterocycles. The van der Waals surface area contributed by atoms with Gasteiger partial charge < -0.3 is 9.47 Å². The lowest BCUT2D eigenvalue weighted by atomic mass is 10.3. The molecule has 0 aliphatic rings. The number of ether oxygens (including phenoxy) is 2. The Balaban J connectivity index is 2.08. The van der Waals surface area contributed by atoms with E-state index < -0.39 is 0 Å². The Morgan fingerprint density at radius 3 is 2.75 bits per heavy atom. The van der Waals surface area contributed by atoms with E-state index in [1.165, 1.54) is 0 Å². The lowest BCUT2D eigenvalue weighted by molar-refractivity contribution is -0.142. The smallest absolute Gasteiger partial charge is 0.306 e. The number of hydrogen-bond acceptors (Lipinski definition) is 3. The number of terminal acetylenes is 1. The van der Waals surface area contributed by atoms with Crippen molar-refractivity contribution in [2.45, 2.75) is 12.8 Å². The molecule has 1 aromatic carbocycles. The molecule has 0 amide bonds. The molecule has 0 radical (unpaired) electrons. The van der Waals surface area contributed by atoms with Gasteiger partial charge >= 0.3 is 5.97 Å². The molecule has 1 aromatic rings. The summed E-state index contributed by atoms with van der Waals surface area (Å²) in [6.07, 6.45) is 5.91. The second-order valence-electron chi connectivity index (χ2n) is 3.13. The Labute approximate surface area is 95.4 Å². The van der Waals surface area contributed by atoms with E-state index in [9.17, 15) is 4.79 Å². The Morgan fingerprint density at radius 2 is 2.06 bits per heavy atom. The predicted molar refractivity (Wildman–Crippen MR) is 61.0 cm³/mol. The molecule has 0 saturated heterocycles.